The number of carbonyl (C=O) groups is 2. The first-order chi connectivity index (χ1) is 14.0. The average Bonchev–Trinajstić information content (AvgIpc) is 3.21. The molecule has 4 rings (SSSR count). The summed E-state index contributed by atoms with van der Waals surface area (Å²) in [7, 11) is 0. The highest BCUT2D eigenvalue weighted by Gasteiger charge is 2.37. The molecule has 8 nitrogen and oxygen atoms in total. The summed E-state index contributed by atoms with van der Waals surface area (Å²) in [4.78, 5) is 29.1. The minimum Gasteiger partial charge on any atom is -0.368 e. The number of piperidine rings is 1. The third-order valence-electron chi connectivity index (χ3n) is 6.08. The molecule has 1 aromatic carbocycles. The largest absolute Gasteiger partial charge is 0.368 e. The Kier molecular flexibility index (Phi) is 6.03. The van der Waals surface area contributed by atoms with Gasteiger partial charge in [0.15, 0.2) is 0 Å². The number of hydrogen-bond acceptors (Lipinski definition) is 5. The second kappa shape index (κ2) is 8.69. The SMILES string of the molecule is NC(=O)C1CC(N2CCNCC2)CCN1C(=O)CCc1cc(Cl)c2[nH]ncc2c1. The molecule has 0 radical (unpaired) electrons. The van der Waals surface area contributed by atoms with Gasteiger partial charge in [-0.1, -0.05) is 11.6 Å². The maximum Gasteiger partial charge on any atom is 0.240 e. The summed E-state index contributed by atoms with van der Waals surface area (Å²) in [5.41, 5.74) is 7.45. The highest BCUT2D eigenvalue weighted by Crippen LogP contribution is 2.26. The number of aromatic nitrogens is 2. The minimum absolute atomic E-state index is 0.0315. The molecule has 0 saturated carbocycles. The van der Waals surface area contributed by atoms with Gasteiger partial charge in [0, 0.05) is 50.6 Å². The maximum atomic E-state index is 12.9. The molecule has 2 amide bonds. The van der Waals surface area contributed by atoms with Gasteiger partial charge in [0.25, 0.3) is 0 Å². The van der Waals surface area contributed by atoms with Gasteiger partial charge in [0.1, 0.15) is 6.04 Å². The van der Waals surface area contributed by atoms with Gasteiger partial charge in [-0.2, -0.15) is 5.10 Å². The van der Waals surface area contributed by atoms with Gasteiger partial charge in [0.2, 0.25) is 11.8 Å². The van der Waals surface area contributed by atoms with Crippen LogP contribution in [-0.2, 0) is 16.0 Å². The van der Waals surface area contributed by atoms with Crippen LogP contribution in [0.25, 0.3) is 10.9 Å². The van der Waals surface area contributed by atoms with Crippen molar-refractivity contribution in [3.05, 3.63) is 28.9 Å². The Labute approximate surface area is 174 Å². The van der Waals surface area contributed by atoms with Crippen LogP contribution < -0.4 is 11.1 Å². The van der Waals surface area contributed by atoms with Crippen LogP contribution in [0.3, 0.4) is 0 Å². The predicted octanol–water partition coefficient (Wildman–Crippen LogP) is 0.899. The van der Waals surface area contributed by atoms with Crippen LogP contribution in [0, 0.1) is 0 Å². The molecule has 0 bridgehead atoms. The molecule has 0 spiro atoms. The number of nitrogens with zero attached hydrogens (tertiary/aromatic N) is 3. The highest BCUT2D eigenvalue weighted by atomic mass is 35.5. The van der Waals surface area contributed by atoms with Gasteiger partial charge >= 0.3 is 0 Å². The summed E-state index contributed by atoms with van der Waals surface area (Å²) in [5.74, 6) is -0.447. The monoisotopic (exact) mass is 418 g/mol. The molecule has 2 aliphatic rings. The molecule has 2 fully saturated rings. The van der Waals surface area contributed by atoms with E-state index in [0.29, 0.717) is 36.9 Å². The number of aromatic amines is 1. The highest BCUT2D eigenvalue weighted by molar-refractivity contribution is 6.35. The summed E-state index contributed by atoms with van der Waals surface area (Å²) >= 11 is 6.29. The molecule has 2 unspecified atom stereocenters. The Morgan fingerprint density at radius 2 is 2.03 bits per heavy atom. The third kappa shape index (κ3) is 4.39. The lowest BCUT2D eigenvalue weighted by molar-refractivity contribution is -0.142. The molecule has 2 aliphatic heterocycles. The fourth-order valence-electron chi connectivity index (χ4n) is 4.51. The molecular weight excluding hydrogens is 392 g/mol. The lowest BCUT2D eigenvalue weighted by atomic mass is 9.94. The van der Waals surface area contributed by atoms with E-state index in [4.69, 9.17) is 17.3 Å². The van der Waals surface area contributed by atoms with Crippen molar-refractivity contribution in [2.24, 2.45) is 5.73 Å². The number of nitrogens with one attached hydrogen (secondary N) is 2. The molecule has 0 aliphatic carbocycles. The lowest BCUT2D eigenvalue weighted by Gasteiger charge is -2.43. The van der Waals surface area contributed by atoms with E-state index in [9.17, 15) is 9.59 Å². The Morgan fingerprint density at radius 1 is 1.24 bits per heavy atom. The molecule has 2 atom stereocenters. The third-order valence-corrected chi connectivity index (χ3v) is 6.38. The number of fused-ring (bicyclic) bond motifs is 1. The number of amides is 2. The zero-order valence-electron chi connectivity index (χ0n) is 16.4. The molecular formula is C20H27ClN6O2. The zero-order chi connectivity index (χ0) is 20.4. The van der Waals surface area contributed by atoms with E-state index in [-0.39, 0.29) is 5.91 Å². The standard InChI is InChI=1S/C20H27ClN6O2/c21-16-10-13(9-14-12-24-25-19(14)16)1-2-18(28)27-6-3-15(11-17(27)20(22)29)26-7-4-23-5-8-26/h9-10,12,15,17,23H,1-8,11H2,(H2,22,29)(H,24,25). The first-order valence-corrected chi connectivity index (χ1v) is 10.6. The Bertz CT molecular complexity index is 894. The van der Waals surface area contributed by atoms with Gasteiger partial charge in [-0.25, -0.2) is 0 Å². The van der Waals surface area contributed by atoms with Crippen LogP contribution in [-0.4, -0.2) is 76.6 Å². The summed E-state index contributed by atoms with van der Waals surface area (Å²) in [6, 6.07) is 3.62. The topological polar surface area (TPSA) is 107 Å². The minimum atomic E-state index is -0.531. The van der Waals surface area contributed by atoms with Crippen LogP contribution in [0.1, 0.15) is 24.8 Å². The Morgan fingerprint density at radius 3 is 2.79 bits per heavy atom. The number of aryl methyl sites for hydroxylation is 1. The molecule has 4 N–H and O–H groups in total. The number of nitrogens with two attached hydrogens (primary N) is 1. The molecule has 29 heavy (non-hydrogen) atoms. The van der Waals surface area contributed by atoms with Crippen molar-refractivity contribution in [3.63, 3.8) is 0 Å². The van der Waals surface area contributed by atoms with Crippen molar-refractivity contribution in [2.45, 2.75) is 37.8 Å². The number of likely N-dealkylation sites (tertiary alicyclic amines) is 1. The summed E-state index contributed by atoms with van der Waals surface area (Å²) in [5, 5.41) is 11.7. The summed E-state index contributed by atoms with van der Waals surface area (Å²) in [6.07, 6.45) is 4.09. The van der Waals surface area contributed by atoms with Gasteiger partial charge < -0.3 is 16.0 Å². The van der Waals surface area contributed by atoms with E-state index in [1.807, 2.05) is 12.1 Å². The number of hydrogen-bond donors (Lipinski definition) is 3. The molecule has 156 valence electrons. The van der Waals surface area contributed by atoms with Crippen LogP contribution in [0.5, 0.6) is 0 Å². The van der Waals surface area contributed by atoms with Gasteiger partial charge in [-0.3, -0.25) is 19.6 Å². The number of piperazine rings is 1. The van der Waals surface area contributed by atoms with Crippen molar-refractivity contribution in [1.82, 2.24) is 25.3 Å². The van der Waals surface area contributed by atoms with E-state index in [1.54, 1.807) is 11.1 Å². The van der Waals surface area contributed by atoms with E-state index in [2.05, 4.69) is 20.4 Å². The van der Waals surface area contributed by atoms with Crippen molar-refractivity contribution in [1.29, 1.82) is 0 Å². The number of benzene rings is 1. The van der Waals surface area contributed by atoms with Crippen LogP contribution in [0.4, 0.5) is 0 Å². The molecule has 1 aromatic heterocycles. The van der Waals surface area contributed by atoms with Crippen molar-refractivity contribution < 1.29 is 9.59 Å². The Hall–Kier alpha value is -2.16. The number of carbonyl (C=O) groups excluding carboxylic acids is 2. The molecule has 2 aromatic rings. The summed E-state index contributed by atoms with van der Waals surface area (Å²) < 4.78 is 0. The number of rotatable bonds is 5. The van der Waals surface area contributed by atoms with Gasteiger partial charge in [-0.15, -0.1) is 0 Å². The predicted molar refractivity (Wildman–Crippen MR) is 112 cm³/mol. The van der Waals surface area contributed by atoms with Gasteiger partial charge in [0.05, 0.1) is 16.7 Å². The lowest BCUT2D eigenvalue weighted by Crippen LogP contribution is -2.58. The fourth-order valence-corrected chi connectivity index (χ4v) is 4.80. The summed E-state index contributed by atoms with van der Waals surface area (Å²) in [6.45, 7) is 4.44. The molecule has 9 heteroatoms. The van der Waals surface area contributed by atoms with Crippen LogP contribution in [0.2, 0.25) is 5.02 Å². The normalized spacial score (nSPS) is 23.4. The average molecular weight is 419 g/mol. The number of halogens is 1. The second-order valence-electron chi connectivity index (χ2n) is 7.88. The zero-order valence-corrected chi connectivity index (χ0v) is 17.1. The van der Waals surface area contributed by atoms with Crippen molar-refractivity contribution >= 4 is 34.3 Å². The van der Waals surface area contributed by atoms with E-state index >= 15 is 0 Å². The Balaban J connectivity index is 1.39. The first-order valence-electron chi connectivity index (χ1n) is 10.2. The van der Waals surface area contributed by atoms with E-state index in [1.165, 1.54) is 0 Å². The molecule has 3 heterocycles. The van der Waals surface area contributed by atoms with Crippen molar-refractivity contribution in [3.8, 4) is 0 Å². The smallest absolute Gasteiger partial charge is 0.240 e. The van der Waals surface area contributed by atoms with Gasteiger partial charge in [-0.05, 0) is 37.0 Å². The van der Waals surface area contributed by atoms with Crippen LogP contribution >= 0.6 is 11.6 Å². The van der Waals surface area contributed by atoms with Crippen molar-refractivity contribution in [2.75, 3.05) is 32.7 Å². The molecule has 2 saturated heterocycles. The fraction of sp³-hybridized carbons (Fsp3) is 0.550. The quantitative estimate of drug-likeness (QED) is 0.668. The van der Waals surface area contributed by atoms with Crippen LogP contribution in [0.15, 0.2) is 18.3 Å². The first kappa shape index (κ1) is 20.1. The van der Waals surface area contributed by atoms with E-state index in [0.717, 1.165) is 49.1 Å². The number of H-pyrrole nitrogens is 1. The second-order valence-corrected chi connectivity index (χ2v) is 8.29. The number of primary amides is 1. The maximum absolute atomic E-state index is 12.9. The van der Waals surface area contributed by atoms with E-state index < -0.39 is 11.9 Å².